The van der Waals surface area contributed by atoms with Crippen LogP contribution in [-0.2, 0) is 4.79 Å². The van der Waals surface area contributed by atoms with E-state index < -0.39 is 5.97 Å². The maximum absolute atomic E-state index is 9.24. The molecule has 0 unspecified atom stereocenters. The van der Waals surface area contributed by atoms with Gasteiger partial charge in [0, 0.05) is 6.61 Å². The summed E-state index contributed by atoms with van der Waals surface area (Å²) >= 11 is 4.74. The molecule has 0 aliphatic carbocycles. The number of rotatable bonds is 10. The number of unbranched alkanes of at least 4 members (excludes halogenated alkanes) is 8. The highest BCUT2D eigenvalue weighted by Crippen LogP contribution is 2.08. The van der Waals surface area contributed by atoms with Crippen LogP contribution in [0.1, 0.15) is 64.7 Å². The molecule has 0 bridgehead atoms. The molecule has 0 saturated carbocycles. The van der Waals surface area contributed by atoms with Crippen LogP contribution in [0, 0.1) is 0 Å². The van der Waals surface area contributed by atoms with Gasteiger partial charge in [0.1, 0.15) is 5.88 Å². The van der Waals surface area contributed by atoms with E-state index in [1.165, 1.54) is 51.4 Å². The molecule has 0 radical (unpaired) electrons. The molecule has 2 N–H and O–H groups in total. The van der Waals surface area contributed by atoms with E-state index in [0.29, 0.717) is 6.61 Å². The van der Waals surface area contributed by atoms with Crippen molar-refractivity contribution in [3.8, 4) is 0 Å². The number of aliphatic hydroxyl groups excluding tert-OH is 1. The van der Waals surface area contributed by atoms with Gasteiger partial charge in [0.2, 0.25) is 0 Å². The van der Waals surface area contributed by atoms with Gasteiger partial charge >= 0.3 is 5.97 Å². The number of hydrogen-bond donors (Lipinski definition) is 2. The Hall–Kier alpha value is -0.280. The zero-order chi connectivity index (χ0) is 13.4. The minimum atomic E-state index is -0.980. The summed E-state index contributed by atoms with van der Waals surface area (Å²) in [5, 5.41) is 16.1. The van der Waals surface area contributed by atoms with Crippen molar-refractivity contribution < 1.29 is 15.0 Å². The molecule has 0 aromatic rings. The van der Waals surface area contributed by atoms with E-state index in [1.807, 2.05) is 0 Å². The quantitative estimate of drug-likeness (QED) is 0.467. The molecular weight excluding hydrogens is 240 g/mol. The second kappa shape index (κ2) is 18.1. The van der Waals surface area contributed by atoms with Gasteiger partial charge in [-0.05, 0) is 6.42 Å². The topological polar surface area (TPSA) is 57.5 Å². The molecule has 0 heterocycles. The summed E-state index contributed by atoms with van der Waals surface area (Å²) in [4.78, 5) is 9.24. The fraction of sp³-hybridized carbons (Fsp3) is 0.923. The third-order valence-electron chi connectivity index (χ3n) is 2.38. The van der Waals surface area contributed by atoms with Crippen molar-refractivity contribution in [2.45, 2.75) is 64.7 Å². The van der Waals surface area contributed by atoms with Gasteiger partial charge in [0.25, 0.3) is 0 Å². The second-order valence-electron chi connectivity index (χ2n) is 4.08. The Labute approximate surface area is 110 Å². The smallest absolute Gasteiger partial charge is 0.318 e. The van der Waals surface area contributed by atoms with Crippen LogP contribution in [-0.4, -0.2) is 28.7 Å². The second-order valence-corrected chi connectivity index (χ2v) is 4.35. The van der Waals surface area contributed by atoms with Gasteiger partial charge in [-0.3, -0.25) is 4.79 Å². The van der Waals surface area contributed by atoms with E-state index >= 15 is 0 Å². The number of carboxylic acid groups (broad SMARTS) is 1. The van der Waals surface area contributed by atoms with Gasteiger partial charge in [-0.25, -0.2) is 0 Å². The molecule has 0 spiro atoms. The normalized spacial score (nSPS) is 9.59. The summed E-state index contributed by atoms with van der Waals surface area (Å²) in [5.41, 5.74) is 0. The first-order chi connectivity index (χ1) is 8.18. The lowest BCUT2D eigenvalue weighted by atomic mass is 10.1. The first-order valence-electron chi connectivity index (χ1n) is 6.57. The van der Waals surface area contributed by atoms with Crippen LogP contribution in [0.4, 0.5) is 0 Å². The molecule has 0 amide bonds. The van der Waals surface area contributed by atoms with E-state index in [0.717, 1.165) is 6.42 Å². The summed E-state index contributed by atoms with van der Waals surface area (Å²) in [6, 6.07) is 0. The first kappa shape index (κ1) is 19.1. The van der Waals surface area contributed by atoms with E-state index in [1.54, 1.807) is 0 Å². The molecule has 0 aliphatic heterocycles. The van der Waals surface area contributed by atoms with Gasteiger partial charge < -0.3 is 10.2 Å². The number of carboxylic acids is 1. The van der Waals surface area contributed by atoms with Crippen LogP contribution in [0.3, 0.4) is 0 Å². The first-order valence-corrected chi connectivity index (χ1v) is 7.11. The summed E-state index contributed by atoms with van der Waals surface area (Å²) in [6.45, 7) is 2.62. The van der Waals surface area contributed by atoms with Gasteiger partial charge in [0.15, 0.2) is 0 Å². The van der Waals surface area contributed by atoms with Crippen molar-refractivity contribution in [3.05, 3.63) is 0 Å². The Morgan fingerprint density at radius 2 is 1.29 bits per heavy atom. The number of aliphatic hydroxyl groups is 1. The molecule has 0 aromatic heterocycles. The number of carbonyl (C=O) groups is 1. The molecule has 0 atom stereocenters. The summed E-state index contributed by atoms with van der Waals surface area (Å²) in [7, 11) is 0. The van der Waals surface area contributed by atoms with Crippen LogP contribution in [0.15, 0.2) is 0 Å². The molecule has 0 aliphatic rings. The minimum Gasteiger partial charge on any atom is -0.480 e. The Morgan fingerprint density at radius 1 is 0.941 bits per heavy atom. The molecule has 0 saturated heterocycles. The fourth-order valence-electron chi connectivity index (χ4n) is 1.42. The third-order valence-corrected chi connectivity index (χ3v) is 2.60. The lowest BCUT2D eigenvalue weighted by Gasteiger charge is -1.99. The highest BCUT2D eigenvalue weighted by Gasteiger charge is 1.90. The van der Waals surface area contributed by atoms with Gasteiger partial charge in [-0.15, -0.1) is 11.6 Å². The lowest BCUT2D eigenvalue weighted by molar-refractivity contribution is -0.134. The zero-order valence-corrected chi connectivity index (χ0v) is 11.7. The van der Waals surface area contributed by atoms with Crippen molar-refractivity contribution >= 4 is 17.6 Å². The van der Waals surface area contributed by atoms with Crippen LogP contribution >= 0.6 is 11.6 Å². The predicted molar refractivity (Wildman–Crippen MR) is 72.7 cm³/mol. The van der Waals surface area contributed by atoms with E-state index in [2.05, 4.69) is 6.92 Å². The Morgan fingerprint density at radius 3 is 1.59 bits per heavy atom. The largest absolute Gasteiger partial charge is 0.480 e. The van der Waals surface area contributed by atoms with Crippen LogP contribution < -0.4 is 0 Å². The maximum Gasteiger partial charge on any atom is 0.318 e. The average Bonchev–Trinajstić information content (AvgIpc) is 2.33. The molecular formula is C13H27ClO3. The summed E-state index contributed by atoms with van der Waals surface area (Å²) < 4.78 is 0. The van der Waals surface area contributed by atoms with Gasteiger partial charge in [-0.2, -0.15) is 0 Å². The van der Waals surface area contributed by atoms with E-state index in [4.69, 9.17) is 21.8 Å². The average molecular weight is 267 g/mol. The van der Waals surface area contributed by atoms with E-state index in [-0.39, 0.29) is 5.88 Å². The van der Waals surface area contributed by atoms with Crippen LogP contribution in [0.5, 0.6) is 0 Å². The Balaban J connectivity index is 0. The number of halogens is 1. The fourth-order valence-corrected chi connectivity index (χ4v) is 1.42. The summed E-state index contributed by atoms with van der Waals surface area (Å²) in [5.74, 6) is -1.29. The number of aliphatic carboxylic acids is 1. The lowest BCUT2D eigenvalue weighted by Crippen LogP contribution is -1.92. The molecule has 0 fully saturated rings. The molecule has 104 valence electrons. The number of alkyl halides is 1. The molecule has 0 rings (SSSR count). The van der Waals surface area contributed by atoms with Gasteiger partial charge in [-0.1, -0.05) is 58.3 Å². The molecule has 4 heteroatoms. The van der Waals surface area contributed by atoms with Crippen molar-refractivity contribution in [2.75, 3.05) is 12.5 Å². The van der Waals surface area contributed by atoms with Crippen LogP contribution in [0.2, 0.25) is 0 Å². The summed E-state index contributed by atoms with van der Waals surface area (Å²) in [6.07, 6.45) is 11.8. The maximum atomic E-state index is 9.24. The predicted octanol–water partition coefficient (Wildman–Crippen LogP) is 3.82. The van der Waals surface area contributed by atoms with Crippen molar-refractivity contribution in [2.24, 2.45) is 0 Å². The standard InChI is InChI=1S/C11H24O.C2H3ClO2/c1-2-3-4-5-6-7-8-9-10-11-12;3-1-2(4)5/h12H,2-11H2,1H3;1H2,(H,4,5). The highest BCUT2D eigenvalue weighted by atomic mass is 35.5. The molecule has 0 aromatic carbocycles. The number of hydrogen-bond acceptors (Lipinski definition) is 2. The zero-order valence-electron chi connectivity index (χ0n) is 11.0. The highest BCUT2D eigenvalue weighted by molar-refractivity contribution is 6.26. The Bertz CT molecular complexity index is 142. The van der Waals surface area contributed by atoms with Crippen molar-refractivity contribution in [1.29, 1.82) is 0 Å². The van der Waals surface area contributed by atoms with Crippen molar-refractivity contribution in [3.63, 3.8) is 0 Å². The molecule has 17 heavy (non-hydrogen) atoms. The third kappa shape index (κ3) is 25.7. The SMILES string of the molecule is CCCCCCCCCCCO.O=C(O)CCl. The van der Waals surface area contributed by atoms with Gasteiger partial charge in [0.05, 0.1) is 0 Å². The van der Waals surface area contributed by atoms with Crippen LogP contribution in [0.25, 0.3) is 0 Å². The minimum absolute atomic E-state index is 0.306. The molecule has 3 nitrogen and oxygen atoms in total. The van der Waals surface area contributed by atoms with Crippen molar-refractivity contribution in [1.82, 2.24) is 0 Å². The van der Waals surface area contributed by atoms with E-state index in [9.17, 15) is 4.79 Å². The monoisotopic (exact) mass is 266 g/mol. The Kier molecular flexibility index (Phi) is 20.3.